The Bertz CT molecular complexity index is 465. The van der Waals surface area contributed by atoms with Crippen LogP contribution in [0.1, 0.15) is 64.7 Å². The molecule has 1 unspecified atom stereocenters. The second-order valence-corrected chi connectivity index (χ2v) is 6.56. The monoisotopic (exact) mass is 354 g/mol. The smallest absolute Gasteiger partial charge is 0.334 e. The second-order valence-electron chi connectivity index (χ2n) is 6.56. The molecule has 1 aliphatic rings. The fraction of sp³-hybridized carbons (Fsp3) is 0.737. The Kier molecular flexibility index (Phi) is 10.1. The molecule has 0 aromatic heterocycles. The number of carbonyl (C=O) groups is 3. The Morgan fingerprint density at radius 2 is 1.84 bits per heavy atom. The first kappa shape index (κ1) is 21.4. The SMILES string of the molecule is C=C(CC(=O)O)C(=O)OC(CCOCCCC)C(=O)C1CCCCC1. The van der Waals surface area contributed by atoms with Gasteiger partial charge in [-0.05, 0) is 19.3 Å². The molecule has 1 fully saturated rings. The van der Waals surface area contributed by atoms with E-state index in [1.165, 1.54) is 0 Å². The van der Waals surface area contributed by atoms with Crippen molar-refractivity contribution in [3.63, 3.8) is 0 Å². The number of aliphatic carboxylic acids is 1. The maximum atomic E-state index is 12.7. The zero-order valence-electron chi connectivity index (χ0n) is 15.1. The lowest BCUT2D eigenvalue weighted by atomic mass is 9.84. The van der Waals surface area contributed by atoms with Crippen LogP contribution in [0.2, 0.25) is 0 Å². The van der Waals surface area contributed by atoms with Crippen LogP contribution in [0, 0.1) is 5.92 Å². The summed E-state index contributed by atoms with van der Waals surface area (Å²) < 4.78 is 10.8. The molecule has 0 saturated heterocycles. The van der Waals surface area contributed by atoms with Gasteiger partial charge in [0.25, 0.3) is 0 Å². The molecule has 0 heterocycles. The fourth-order valence-corrected chi connectivity index (χ4v) is 2.92. The summed E-state index contributed by atoms with van der Waals surface area (Å²) in [5, 5.41) is 8.75. The lowest BCUT2D eigenvalue weighted by molar-refractivity contribution is -0.155. The topological polar surface area (TPSA) is 89.9 Å². The molecule has 25 heavy (non-hydrogen) atoms. The van der Waals surface area contributed by atoms with Crippen LogP contribution in [0.3, 0.4) is 0 Å². The van der Waals surface area contributed by atoms with Crippen LogP contribution in [0.4, 0.5) is 0 Å². The molecule has 1 rings (SSSR count). The standard InChI is InChI=1S/C19H30O6/c1-3-4-11-24-12-10-16(18(22)15-8-6-5-7-9-15)25-19(23)14(2)13-17(20)21/h15-16H,2-13H2,1H3,(H,20,21). The third kappa shape index (κ3) is 8.29. The van der Waals surface area contributed by atoms with E-state index in [9.17, 15) is 14.4 Å². The maximum absolute atomic E-state index is 12.7. The van der Waals surface area contributed by atoms with Gasteiger partial charge in [-0.1, -0.05) is 39.2 Å². The molecular weight excluding hydrogens is 324 g/mol. The van der Waals surface area contributed by atoms with Crippen molar-refractivity contribution in [1.82, 2.24) is 0 Å². The van der Waals surface area contributed by atoms with Gasteiger partial charge in [0.1, 0.15) is 0 Å². The van der Waals surface area contributed by atoms with Crippen molar-refractivity contribution < 1.29 is 29.0 Å². The average Bonchev–Trinajstić information content (AvgIpc) is 2.60. The van der Waals surface area contributed by atoms with Crippen molar-refractivity contribution >= 4 is 17.7 Å². The predicted octanol–water partition coefficient (Wildman–Crippen LogP) is 3.29. The number of ether oxygens (including phenoxy) is 2. The van der Waals surface area contributed by atoms with Crippen LogP contribution in [0.15, 0.2) is 12.2 Å². The van der Waals surface area contributed by atoms with Gasteiger partial charge in [-0.15, -0.1) is 0 Å². The lowest BCUT2D eigenvalue weighted by Crippen LogP contribution is -2.35. The third-order valence-electron chi connectivity index (χ3n) is 4.39. The number of carbonyl (C=O) groups excluding carboxylic acids is 2. The number of hydrogen-bond acceptors (Lipinski definition) is 5. The summed E-state index contributed by atoms with van der Waals surface area (Å²) in [6.07, 6.45) is 5.67. The molecule has 0 bridgehead atoms. The largest absolute Gasteiger partial charge is 0.481 e. The quantitative estimate of drug-likeness (QED) is 0.329. The van der Waals surface area contributed by atoms with E-state index < -0.39 is 24.5 Å². The molecular formula is C19H30O6. The van der Waals surface area contributed by atoms with Crippen LogP contribution in [-0.4, -0.2) is 42.1 Å². The third-order valence-corrected chi connectivity index (χ3v) is 4.39. The Balaban J connectivity index is 2.62. The van der Waals surface area contributed by atoms with Crippen molar-refractivity contribution in [2.24, 2.45) is 5.92 Å². The fourth-order valence-electron chi connectivity index (χ4n) is 2.92. The second kappa shape index (κ2) is 11.8. The summed E-state index contributed by atoms with van der Waals surface area (Å²) in [6, 6.07) is 0. The van der Waals surface area contributed by atoms with E-state index in [-0.39, 0.29) is 17.3 Å². The van der Waals surface area contributed by atoms with E-state index in [2.05, 4.69) is 13.5 Å². The molecule has 0 aromatic carbocycles. The highest BCUT2D eigenvalue weighted by Gasteiger charge is 2.31. The number of Topliss-reactive ketones (excluding diaryl/α,β-unsaturated/α-hetero) is 1. The first-order valence-corrected chi connectivity index (χ1v) is 9.17. The van der Waals surface area contributed by atoms with E-state index in [1.807, 2.05) is 0 Å². The van der Waals surface area contributed by atoms with Gasteiger partial charge < -0.3 is 14.6 Å². The Hall–Kier alpha value is -1.69. The van der Waals surface area contributed by atoms with E-state index in [0.29, 0.717) is 19.6 Å². The molecule has 1 saturated carbocycles. The van der Waals surface area contributed by atoms with Crippen molar-refractivity contribution in [2.75, 3.05) is 13.2 Å². The molecule has 1 atom stereocenters. The van der Waals surface area contributed by atoms with Crippen molar-refractivity contribution in [3.05, 3.63) is 12.2 Å². The zero-order chi connectivity index (χ0) is 18.7. The molecule has 142 valence electrons. The summed E-state index contributed by atoms with van der Waals surface area (Å²) in [7, 11) is 0. The van der Waals surface area contributed by atoms with Crippen molar-refractivity contribution in [3.8, 4) is 0 Å². The summed E-state index contributed by atoms with van der Waals surface area (Å²) in [4.78, 5) is 35.5. The van der Waals surface area contributed by atoms with Gasteiger partial charge in [-0.2, -0.15) is 0 Å². The summed E-state index contributed by atoms with van der Waals surface area (Å²) in [5.41, 5.74) is -0.152. The molecule has 0 spiro atoms. The van der Waals surface area contributed by atoms with Crippen molar-refractivity contribution in [1.29, 1.82) is 0 Å². The summed E-state index contributed by atoms with van der Waals surface area (Å²) in [5.74, 6) is -2.13. The highest BCUT2D eigenvalue weighted by molar-refractivity contribution is 5.95. The Labute approximate surface area is 149 Å². The van der Waals surface area contributed by atoms with Gasteiger partial charge in [0.05, 0.1) is 13.0 Å². The Morgan fingerprint density at radius 3 is 2.44 bits per heavy atom. The van der Waals surface area contributed by atoms with E-state index in [0.717, 1.165) is 44.9 Å². The van der Waals surface area contributed by atoms with Crippen molar-refractivity contribution in [2.45, 2.75) is 70.8 Å². The number of carboxylic acid groups (broad SMARTS) is 1. The number of ketones is 1. The van der Waals surface area contributed by atoms with Crippen LogP contribution in [0.25, 0.3) is 0 Å². The number of esters is 1. The highest BCUT2D eigenvalue weighted by atomic mass is 16.5. The number of rotatable bonds is 12. The van der Waals surface area contributed by atoms with Crippen LogP contribution >= 0.6 is 0 Å². The number of unbranched alkanes of at least 4 members (excludes halogenated alkanes) is 1. The summed E-state index contributed by atoms with van der Waals surface area (Å²) in [6.45, 7) is 6.45. The van der Waals surface area contributed by atoms with Gasteiger partial charge in [0, 0.05) is 24.5 Å². The molecule has 0 aromatic rings. The van der Waals surface area contributed by atoms with Crippen LogP contribution in [-0.2, 0) is 23.9 Å². The van der Waals surface area contributed by atoms with E-state index in [4.69, 9.17) is 14.6 Å². The predicted molar refractivity (Wildman–Crippen MR) is 93.2 cm³/mol. The first-order chi connectivity index (χ1) is 12.0. The molecule has 6 nitrogen and oxygen atoms in total. The molecule has 0 amide bonds. The minimum absolute atomic E-state index is 0.0738. The molecule has 6 heteroatoms. The molecule has 1 N–H and O–H groups in total. The minimum atomic E-state index is -1.15. The molecule has 1 aliphatic carbocycles. The minimum Gasteiger partial charge on any atom is -0.481 e. The lowest BCUT2D eigenvalue weighted by Gasteiger charge is -2.25. The maximum Gasteiger partial charge on any atom is 0.334 e. The van der Waals surface area contributed by atoms with E-state index in [1.54, 1.807) is 0 Å². The Morgan fingerprint density at radius 1 is 1.16 bits per heavy atom. The molecule has 0 radical (unpaired) electrons. The first-order valence-electron chi connectivity index (χ1n) is 9.17. The zero-order valence-corrected chi connectivity index (χ0v) is 15.1. The van der Waals surface area contributed by atoms with Gasteiger partial charge >= 0.3 is 11.9 Å². The number of hydrogen-bond donors (Lipinski definition) is 1. The average molecular weight is 354 g/mol. The van der Waals surface area contributed by atoms with Gasteiger partial charge in [-0.3, -0.25) is 9.59 Å². The highest BCUT2D eigenvalue weighted by Crippen LogP contribution is 2.27. The van der Waals surface area contributed by atoms with Crippen LogP contribution in [0.5, 0.6) is 0 Å². The van der Waals surface area contributed by atoms with Gasteiger partial charge in [0.2, 0.25) is 0 Å². The van der Waals surface area contributed by atoms with Gasteiger partial charge in [-0.25, -0.2) is 4.79 Å². The van der Waals surface area contributed by atoms with Gasteiger partial charge in [0.15, 0.2) is 11.9 Å². The van der Waals surface area contributed by atoms with Crippen LogP contribution < -0.4 is 0 Å². The number of carboxylic acids is 1. The normalized spacial score (nSPS) is 16.2. The summed E-state index contributed by atoms with van der Waals surface area (Å²) >= 11 is 0. The van der Waals surface area contributed by atoms with E-state index >= 15 is 0 Å². The molecule has 0 aliphatic heterocycles.